The minimum Gasteiger partial charge on any atom is -0.486 e. The second-order valence-corrected chi connectivity index (χ2v) is 7.42. The van der Waals surface area contributed by atoms with Gasteiger partial charge in [-0.05, 0) is 56.0 Å². The van der Waals surface area contributed by atoms with E-state index in [9.17, 15) is 9.59 Å². The minimum absolute atomic E-state index is 0. The van der Waals surface area contributed by atoms with E-state index in [0.717, 1.165) is 39.0 Å². The van der Waals surface area contributed by atoms with Gasteiger partial charge in [0.05, 0.1) is 0 Å². The van der Waals surface area contributed by atoms with E-state index in [2.05, 4.69) is 5.32 Å². The van der Waals surface area contributed by atoms with Gasteiger partial charge in [0.2, 0.25) is 5.91 Å². The highest BCUT2D eigenvalue weighted by atomic mass is 35.5. The van der Waals surface area contributed by atoms with E-state index < -0.39 is 0 Å². The quantitative estimate of drug-likeness (QED) is 0.793. The first kappa shape index (κ1) is 20.0. The number of ketones is 1. The molecule has 3 heterocycles. The first-order chi connectivity index (χ1) is 12.7. The molecule has 0 spiro atoms. The first-order valence-electron chi connectivity index (χ1n) is 9.62. The summed E-state index contributed by atoms with van der Waals surface area (Å²) in [4.78, 5) is 27.0. The zero-order valence-electron chi connectivity index (χ0n) is 15.4. The zero-order valence-corrected chi connectivity index (χ0v) is 16.3. The molecule has 0 radical (unpaired) electrons. The lowest BCUT2D eigenvalue weighted by Gasteiger charge is -2.21. The molecule has 2 atom stereocenters. The zero-order chi connectivity index (χ0) is 17.9. The summed E-state index contributed by atoms with van der Waals surface area (Å²) in [5, 5.41) is 3.45. The van der Waals surface area contributed by atoms with E-state index >= 15 is 0 Å². The molecule has 7 heteroatoms. The van der Waals surface area contributed by atoms with Crippen molar-refractivity contribution in [1.82, 2.24) is 10.2 Å². The molecule has 0 bridgehead atoms. The third-order valence-electron chi connectivity index (χ3n) is 5.80. The third-order valence-corrected chi connectivity index (χ3v) is 5.80. The molecule has 1 aromatic rings. The fourth-order valence-electron chi connectivity index (χ4n) is 4.21. The van der Waals surface area contributed by atoms with E-state index in [1.165, 1.54) is 0 Å². The van der Waals surface area contributed by atoms with E-state index in [1.807, 2.05) is 4.90 Å². The fraction of sp³-hybridized carbons (Fsp3) is 0.600. The van der Waals surface area contributed by atoms with Crippen LogP contribution in [0.4, 0.5) is 0 Å². The maximum atomic E-state index is 12.6. The molecule has 1 N–H and O–H groups in total. The monoisotopic (exact) mass is 394 g/mol. The molecule has 0 aromatic heterocycles. The number of carbonyl (C=O) groups excluding carboxylic acids is 2. The summed E-state index contributed by atoms with van der Waals surface area (Å²) in [5.41, 5.74) is 0.582. The maximum Gasteiger partial charge on any atom is 0.223 e. The topological polar surface area (TPSA) is 67.9 Å². The standard InChI is InChI=1S/C20H26N2O4.ClH/c23-17(14-1-3-18-19(11-14)26-10-9-25-18)2-4-20(24)22-7-5-15-12-21-13-16(15)6-8-22;/h1,3,11,15-16,21H,2,4-10,12-13H2;1H/t15-,16+;. The third kappa shape index (κ3) is 4.55. The average Bonchev–Trinajstić information content (AvgIpc) is 3.03. The lowest BCUT2D eigenvalue weighted by molar-refractivity contribution is -0.131. The number of ether oxygens (including phenoxy) is 2. The van der Waals surface area contributed by atoms with Crippen molar-refractivity contribution >= 4 is 24.1 Å². The minimum atomic E-state index is -0.0220. The molecule has 1 aromatic carbocycles. The van der Waals surface area contributed by atoms with Crippen LogP contribution in [0.3, 0.4) is 0 Å². The lowest BCUT2D eigenvalue weighted by atomic mass is 9.92. The van der Waals surface area contributed by atoms with Crippen molar-refractivity contribution in [2.45, 2.75) is 25.7 Å². The van der Waals surface area contributed by atoms with Crippen molar-refractivity contribution in [3.63, 3.8) is 0 Å². The Morgan fingerprint density at radius 1 is 1.00 bits per heavy atom. The number of nitrogens with one attached hydrogen (secondary N) is 1. The molecule has 4 rings (SSSR count). The van der Waals surface area contributed by atoms with Gasteiger partial charge in [0, 0.05) is 31.5 Å². The van der Waals surface area contributed by atoms with Gasteiger partial charge in [-0.25, -0.2) is 0 Å². The highest BCUT2D eigenvalue weighted by Gasteiger charge is 2.31. The van der Waals surface area contributed by atoms with E-state index in [1.54, 1.807) is 18.2 Å². The predicted octanol–water partition coefficient (Wildman–Crippen LogP) is 2.30. The van der Waals surface area contributed by atoms with Gasteiger partial charge in [0.1, 0.15) is 13.2 Å². The van der Waals surface area contributed by atoms with E-state index in [-0.39, 0.29) is 36.9 Å². The molecular formula is C20H27ClN2O4. The maximum absolute atomic E-state index is 12.6. The Kier molecular flexibility index (Phi) is 6.60. The number of benzene rings is 1. The van der Waals surface area contributed by atoms with Crippen molar-refractivity contribution in [2.24, 2.45) is 11.8 Å². The van der Waals surface area contributed by atoms with Gasteiger partial charge in [-0.1, -0.05) is 0 Å². The van der Waals surface area contributed by atoms with Gasteiger partial charge in [-0.2, -0.15) is 0 Å². The average molecular weight is 395 g/mol. The summed E-state index contributed by atoms with van der Waals surface area (Å²) in [6, 6.07) is 5.24. The van der Waals surface area contributed by atoms with Gasteiger partial charge < -0.3 is 19.7 Å². The number of Topliss-reactive ketones (excluding diaryl/α,β-unsaturated/α-hetero) is 1. The van der Waals surface area contributed by atoms with Crippen molar-refractivity contribution in [3.8, 4) is 11.5 Å². The Labute approximate surface area is 166 Å². The van der Waals surface area contributed by atoms with Gasteiger partial charge in [-0.15, -0.1) is 12.4 Å². The largest absolute Gasteiger partial charge is 0.486 e. The van der Waals surface area contributed by atoms with Crippen molar-refractivity contribution < 1.29 is 19.1 Å². The Morgan fingerprint density at radius 3 is 2.37 bits per heavy atom. The number of hydrogen-bond donors (Lipinski definition) is 1. The molecule has 0 unspecified atom stereocenters. The van der Waals surface area contributed by atoms with Crippen LogP contribution in [0, 0.1) is 11.8 Å². The van der Waals surface area contributed by atoms with Gasteiger partial charge >= 0.3 is 0 Å². The second-order valence-electron chi connectivity index (χ2n) is 7.42. The van der Waals surface area contributed by atoms with Crippen molar-refractivity contribution in [3.05, 3.63) is 23.8 Å². The SMILES string of the molecule is Cl.O=C(CCC(=O)N1CC[C@@H]2CNC[C@@H]2CC1)c1ccc2c(c1)OCCO2. The lowest BCUT2D eigenvalue weighted by Crippen LogP contribution is -2.32. The molecule has 6 nitrogen and oxygen atoms in total. The number of nitrogens with zero attached hydrogens (tertiary/aromatic N) is 1. The number of hydrogen-bond acceptors (Lipinski definition) is 5. The normalized spacial score (nSPS) is 23.8. The highest BCUT2D eigenvalue weighted by molar-refractivity contribution is 5.98. The van der Waals surface area contributed by atoms with Crippen molar-refractivity contribution in [2.75, 3.05) is 39.4 Å². The van der Waals surface area contributed by atoms with Crippen LogP contribution in [0.25, 0.3) is 0 Å². The van der Waals surface area contributed by atoms with Gasteiger partial charge in [0.15, 0.2) is 17.3 Å². The number of likely N-dealkylation sites (tertiary alicyclic amines) is 1. The van der Waals surface area contributed by atoms with Crippen LogP contribution in [-0.4, -0.2) is 56.0 Å². The highest BCUT2D eigenvalue weighted by Crippen LogP contribution is 2.31. The molecule has 27 heavy (non-hydrogen) atoms. The molecule has 3 aliphatic rings. The van der Waals surface area contributed by atoms with E-state index in [0.29, 0.717) is 42.1 Å². The molecule has 2 saturated heterocycles. The summed E-state index contributed by atoms with van der Waals surface area (Å²) >= 11 is 0. The summed E-state index contributed by atoms with van der Waals surface area (Å²) < 4.78 is 11.0. The Morgan fingerprint density at radius 2 is 1.67 bits per heavy atom. The summed E-state index contributed by atoms with van der Waals surface area (Å²) in [6.45, 7) is 4.82. The van der Waals surface area contributed by atoms with E-state index in [4.69, 9.17) is 9.47 Å². The van der Waals surface area contributed by atoms with Crippen LogP contribution >= 0.6 is 12.4 Å². The molecule has 148 valence electrons. The second kappa shape index (κ2) is 8.93. The Hall–Kier alpha value is -1.79. The van der Waals surface area contributed by atoms with Gasteiger partial charge in [-0.3, -0.25) is 9.59 Å². The predicted molar refractivity (Wildman–Crippen MR) is 104 cm³/mol. The Balaban J connectivity index is 0.00000210. The number of halogens is 1. The number of amides is 1. The van der Waals surface area contributed by atoms with Crippen LogP contribution in [0.2, 0.25) is 0 Å². The van der Waals surface area contributed by atoms with Crippen LogP contribution in [0.15, 0.2) is 18.2 Å². The summed E-state index contributed by atoms with van der Waals surface area (Å²) in [5.74, 6) is 2.77. The summed E-state index contributed by atoms with van der Waals surface area (Å²) in [6.07, 6.45) is 2.66. The molecular weight excluding hydrogens is 368 g/mol. The van der Waals surface area contributed by atoms with Gasteiger partial charge in [0.25, 0.3) is 0 Å². The smallest absolute Gasteiger partial charge is 0.223 e. The summed E-state index contributed by atoms with van der Waals surface area (Å²) in [7, 11) is 0. The molecule has 0 saturated carbocycles. The Bertz CT molecular complexity index is 683. The van der Waals surface area contributed by atoms with Crippen LogP contribution in [0.5, 0.6) is 11.5 Å². The molecule has 2 fully saturated rings. The van der Waals surface area contributed by atoms with Crippen molar-refractivity contribution in [1.29, 1.82) is 0 Å². The number of carbonyl (C=O) groups is 2. The number of rotatable bonds is 4. The first-order valence-corrected chi connectivity index (χ1v) is 9.62. The molecule has 0 aliphatic carbocycles. The number of fused-ring (bicyclic) bond motifs is 2. The van der Waals surface area contributed by atoms with Crippen LogP contribution in [0.1, 0.15) is 36.0 Å². The molecule has 1 amide bonds. The van der Waals surface area contributed by atoms with Crippen LogP contribution in [-0.2, 0) is 4.79 Å². The molecule has 3 aliphatic heterocycles. The van der Waals surface area contributed by atoms with Crippen LogP contribution < -0.4 is 14.8 Å². The fourth-order valence-corrected chi connectivity index (χ4v) is 4.21.